The van der Waals surface area contributed by atoms with Crippen LogP contribution < -0.4 is 0 Å². The van der Waals surface area contributed by atoms with Crippen molar-refractivity contribution in [3.8, 4) is 0 Å². The summed E-state index contributed by atoms with van der Waals surface area (Å²) in [5.41, 5.74) is 0.728. The van der Waals surface area contributed by atoms with Gasteiger partial charge in [0.05, 0.1) is 12.0 Å². The van der Waals surface area contributed by atoms with Crippen LogP contribution in [-0.2, 0) is 14.9 Å². The van der Waals surface area contributed by atoms with Crippen molar-refractivity contribution < 1.29 is 14.7 Å². The number of carbonyl (C=O) groups excluding carboxylic acids is 1. The summed E-state index contributed by atoms with van der Waals surface area (Å²) in [7, 11) is 0. The number of Topliss-reactive ketones (excluding diaryl/α,β-unsaturated/α-hetero) is 1. The molecule has 0 radical (unpaired) electrons. The van der Waals surface area contributed by atoms with E-state index >= 15 is 0 Å². The fraction of sp³-hybridized carbons (Fsp3) is 0.556. The van der Waals surface area contributed by atoms with Gasteiger partial charge in [-0.25, -0.2) is 0 Å². The lowest BCUT2D eigenvalue weighted by Gasteiger charge is -2.41. The summed E-state index contributed by atoms with van der Waals surface area (Å²) in [4.78, 5) is 13.5. The standard InChI is InChI=1S/C18H26N2O3.ClH/c1-3-23-17(19-22)18(16-7-5-4-6-8-16)10-13-20(14-11-18)12-9-15(2)21;/h4-8,22H,3,9-14H2,1-2H3;1H/b19-17-;. The van der Waals surface area contributed by atoms with Crippen molar-refractivity contribution in [3.05, 3.63) is 35.9 Å². The number of nitrogens with zero attached hydrogens (tertiary/aromatic N) is 2. The lowest BCUT2D eigenvalue weighted by molar-refractivity contribution is -0.117. The first kappa shape index (κ1) is 20.5. The number of hydrogen-bond acceptors (Lipinski definition) is 5. The molecule has 24 heavy (non-hydrogen) atoms. The number of oxime groups is 1. The molecule has 0 bridgehead atoms. The Morgan fingerprint density at radius 1 is 1.29 bits per heavy atom. The fourth-order valence-electron chi connectivity index (χ4n) is 3.26. The summed E-state index contributed by atoms with van der Waals surface area (Å²) < 4.78 is 5.65. The molecule has 0 aliphatic carbocycles. The lowest BCUT2D eigenvalue weighted by atomic mass is 9.72. The van der Waals surface area contributed by atoms with Crippen molar-refractivity contribution in [2.75, 3.05) is 26.2 Å². The summed E-state index contributed by atoms with van der Waals surface area (Å²) in [6.07, 6.45) is 2.22. The van der Waals surface area contributed by atoms with Crippen LogP contribution in [0.15, 0.2) is 35.5 Å². The van der Waals surface area contributed by atoms with Crippen LogP contribution in [0.5, 0.6) is 0 Å². The highest BCUT2D eigenvalue weighted by Crippen LogP contribution is 2.37. The van der Waals surface area contributed by atoms with Gasteiger partial charge in [-0.2, -0.15) is 0 Å². The highest BCUT2D eigenvalue weighted by atomic mass is 35.5. The van der Waals surface area contributed by atoms with Gasteiger partial charge in [-0.15, -0.1) is 12.4 Å². The van der Waals surface area contributed by atoms with E-state index < -0.39 is 5.41 Å². The summed E-state index contributed by atoms with van der Waals surface area (Å²) in [6.45, 7) is 6.50. The molecule has 6 heteroatoms. The zero-order chi connectivity index (χ0) is 16.7. The minimum Gasteiger partial charge on any atom is -0.478 e. The molecule has 5 nitrogen and oxygen atoms in total. The highest BCUT2D eigenvalue weighted by Gasteiger charge is 2.42. The molecule has 0 atom stereocenters. The molecule has 0 saturated carbocycles. The number of ketones is 1. The molecular weight excluding hydrogens is 328 g/mol. The van der Waals surface area contributed by atoms with Crippen LogP contribution in [0.3, 0.4) is 0 Å². The van der Waals surface area contributed by atoms with E-state index in [-0.39, 0.29) is 18.2 Å². The van der Waals surface area contributed by atoms with Crippen molar-refractivity contribution in [2.24, 2.45) is 5.16 Å². The van der Waals surface area contributed by atoms with E-state index in [0.29, 0.717) is 18.9 Å². The molecule has 2 rings (SSSR count). The lowest BCUT2D eigenvalue weighted by Crippen LogP contribution is -2.48. The zero-order valence-corrected chi connectivity index (χ0v) is 15.2. The molecule has 1 heterocycles. The second kappa shape index (κ2) is 9.64. The molecule has 134 valence electrons. The Bertz CT molecular complexity index is 540. The van der Waals surface area contributed by atoms with Crippen LogP contribution in [0, 0.1) is 0 Å². The van der Waals surface area contributed by atoms with E-state index in [1.165, 1.54) is 0 Å². The van der Waals surface area contributed by atoms with E-state index in [1.807, 2.05) is 25.1 Å². The number of hydrogen-bond donors (Lipinski definition) is 1. The maximum atomic E-state index is 11.2. The number of carbonyl (C=O) groups is 1. The quantitative estimate of drug-likeness (QED) is 0.368. The fourth-order valence-corrected chi connectivity index (χ4v) is 3.26. The first-order valence-corrected chi connectivity index (χ1v) is 8.25. The van der Waals surface area contributed by atoms with Gasteiger partial charge in [0.2, 0.25) is 5.90 Å². The van der Waals surface area contributed by atoms with Gasteiger partial charge in [-0.05, 0) is 45.3 Å². The average Bonchev–Trinajstić information content (AvgIpc) is 2.59. The van der Waals surface area contributed by atoms with Gasteiger partial charge in [0.1, 0.15) is 5.78 Å². The van der Waals surface area contributed by atoms with Crippen molar-refractivity contribution in [3.63, 3.8) is 0 Å². The van der Waals surface area contributed by atoms with Crippen molar-refractivity contribution in [2.45, 2.75) is 38.5 Å². The van der Waals surface area contributed by atoms with Gasteiger partial charge in [-0.3, -0.25) is 4.79 Å². The third kappa shape index (κ3) is 4.71. The van der Waals surface area contributed by atoms with Crippen LogP contribution >= 0.6 is 12.4 Å². The van der Waals surface area contributed by atoms with Gasteiger partial charge in [0, 0.05) is 13.0 Å². The SMILES string of the molecule is CCO/C(=N\O)C1(c2ccccc2)CCN(CCC(C)=O)CC1.Cl. The molecule has 0 aromatic heterocycles. The van der Waals surface area contributed by atoms with E-state index in [9.17, 15) is 10.0 Å². The van der Waals surface area contributed by atoms with E-state index in [2.05, 4.69) is 22.2 Å². The second-order valence-electron chi connectivity index (χ2n) is 6.08. The molecule has 1 saturated heterocycles. The Hall–Kier alpha value is -1.59. The molecule has 1 aliphatic rings. The Kier molecular flexibility index (Phi) is 8.22. The molecule has 0 spiro atoms. The number of likely N-dealkylation sites (tertiary alicyclic amines) is 1. The monoisotopic (exact) mass is 354 g/mol. The minimum absolute atomic E-state index is 0. The van der Waals surface area contributed by atoms with Gasteiger partial charge in [-0.1, -0.05) is 35.5 Å². The number of piperidine rings is 1. The third-order valence-corrected chi connectivity index (χ3v) is 4.60. The normalized spacial score (nSPS) is 17.8. The third-order valence-electron chi connectivity index (χ3n) is 4.60. The molecule has 0 amide bonds. The first-order valence-electron chi connectivity index (χ1n) is 8.25. The molecule has 1 aromatic carbocycles. The maximum absolute atomic E-state index is 11.2. The molecule has 1 N–H and O–H groups in total. The van der Waals surface area contributed by atoms with E-state index in [0.717, 1.165) is 38.0 Å². The molecule has 1 fully saturated rings. The van der Waals surface area contributed by atoms with Gasteiger partial charge < -0.3 is 14.8 Å². The summed E-state index contributed by atoms with van der Waals surface area (Å²) in [5, 5.41) is 13.0. The number of rotatable bonds is 6. The Balaban J connectivity index is 0.00000288. The summed E-state index contributed by atoms with van der Waals surface area (Å²) in [6, 6.07) is 10.1. The topological polar surface area (TPSA) is 62.1 Å². The van der Waals surface area contributed by atoms with Gasteiger partial charge >= 0.3 is 0 Å². The van der Waals surface area contributed by atoms with Crippen LogP contribution in [-0.4, -0.2) is 48.0 Å². The van der Waals surface area contributed by atoms with Crippen LogP contribution in [0.1, 0.15) is 38.7 Å². The molecular formula is C18H27ClN2O3. The van der Waals surface area contributed by atoms with Crippen molar-refractivity contribution in [1.29, 1.82) is 0 Å². The van der Waals surface area contributed by atoms with Crippen molar-refractivity contribution >= 4 is 24.1 Å². The number of halogens is 1. The number of ether oxygens (including phenoxy) is 1. The number of benzene rings is 1. The molecule has 1 aliphatic heterocycles. The van der Waals surface area contributed by atoms with E-state index in [4.69, 9.17) is 4.74 Å². The van der Waals surface area contributed by atoms with E-state index in [1.54, 1.807) is 6.92 Å². The minimum atomic E-state index is -0.390. The van der Waals surface area contributed by atoms with Crippen LogP contribution in [0.2, 0.25) is 0 Å². The second-order valence-corrected chi connectivity index (χ2v) is 6.08. The van der Waals surface area contributed by atoms with Crippen LogP contribution in [0.4, 0.5) is 0 Å². The maximum Gasteiger partial charge on any atom is 0.236 e. The zero-order valence-electron chi connectivity index (χ0n) is 14.4. The Morgan fingerprint density at radius 2 is 1.92 bits per heavy atom. The molecule has 0 unspecified atom stereocenters. The highest BCUT2D eigenvalue weighted by molar-refractivity contribution is 5.88. The predicted molar refractivity (Wildman–Crippen MR) is 97.2 cm³/mol. The summed E-state index contributed by atoms with van der Waals surface area (Å²) >= 11 is 0. The Labute approximate surface area is 150 Å². The van der Waals surface area contributed by atoms with Crippen LogP contribution in [0.25, 0.3) is 0 Å². The largest absolute Gasteiger partial charge is 0.478 e. The Morgan fingerprint density at radius 3 is 2.42 bits per heavy atom. The average molecular weight is 355 g/mol. The van der Waals surface area contributed by atoms with Gasteiger partial charge in [0.15, 0.2) is 0 Å². The summed E-state index contributed by atoms with van der Waals surface area (Å²) in [5.74, 6) is 0.620. The predicted octanol–water partition coefficient (Wildman–Crippen LogP) is 3.25. The smallest absolute Gasteiger partial charge is 0.236 e. The molecule has 1 aromatic rings. The first-order chi connectivity index (χ1) is 11.1. The van der Waals surface area contributed by atoms with Crippen molar-refractivity contribution in [1.82, 2.24) is 4.90 Å². The van der Waals surface area contributed by atoms with Gasteiger partial charge in [0.25, 0.3) is 0 Å².